The van der Waals surface area contributed by atoms with E-state index in [1.807, 2.05) is 0 Å². The molecule has 1 aromatic heterocycles. The average Bonchev–Trinajstić information content (AvgIpc) is 3.43. The van der Waals surface area contributed by atoms with Crippen molar-refractivity contribution >= 4 is 5.91 Å². The van der Waals surface area contributed by atoms with Crippen LogP contribution in [0.4, 0.5) is 13.2 Å². The molecular formula is C21H24F3N3O3. The maximum atomic E-state index is 12.9. The summed E-state index contributed by atoms with van der Waals surface area (Å²) in [6.07, 6.45) is 0.0621. The summed E-state index contributed by atoms with van der Waals surface area (Å²) >= 11 is 0. The van der Waals surface area contributed by atoms with Crippen molar-refractivity contribution in [3.05, 3.63) is 41.1 Å². The lowest BCUT2D eigenvalue weighted by molar-refractivity contribution is -0.137. The molecule has 0 radical (unpaired) electrons. The van der Waals surface area contributed by atoms with Crippen LogP contribution in [-0.4, -0.2) is 34.4 Å². The van der Waals surface area contributed by atoms with Crippen LogP contribution >= 0.6 is 0 Å². The standard InChI is InChI=1S/C21H24F3N3O3/c22-21(23,24)13-6-4-12(5-7-13)19-17(11-25-14-8-9-14)18(27-30-19)20(29)26-15-2-1-3-16(28)10-15/h4-7,14-16,25,28H,1-3,8-11H2,(H,26,29)/t15-,16+/m1/s1. The van der Waals surface area contributed by atoms with Gasteiger partial charge in [-0.2, -0.15) is 13.2 Å². The third kappa shape index (κ3) is 4.84. The third-order valence-electron chi connectivity index (χ3n) is 5.60. The number of benzene rings is 1. The van der Waals surface area contributed by atoms with Gasteiger partial charge < -0.3 is 20.3 Å². The van der Waals surface area contributed by atoms with E-state index >= 15 is 0 Å². The molecule has 2 aromatic rings. The van der Waals surface area contributed by atoms with Gasteiger partial charge in [0.1, 0.15) is 0 Å². The average molecular weight is 423 g/mol. The molecule has 2 aliphatic carbocycles. The largest absolute Gasteiger partial charge is 0.416 e. The first-order chi connectivity index (χ1) is 14.3. The lowest BCUT2D eigenvalue weighted by atomic mass is 9.93. The number of carbonyl (C=O) groups excluding carboxylic acids is 1. The SMILES string of the molecule is O=C(N[C@@H]1CCC[C@H](O)C1)c1noc(-c2ccc(C(F)(F)F)cc2)c1CNC1CC1. The van der Waals surface area contributed by atoms with Crippen molar-refractivity contribution in [1.82, 2.24) is 15.8 Å². The summed E-state index contributed by atoms with van der Waals surface area (Å²) in [5.41, 5.74) is 0.320. The number of rotatable bonds is 6. The number of hydrogen-bond donors (Lipinski definition) is 3. The molecule has 6 nitrogen and oxygen atoms in total. The Labute approximate surface area is 171 Å². The van der Waals surface area contributed by atoms with Gasteiger partial charge in [0.2, 0.25) is 0 Å². The minimum Gasteiger partial charge on any atom is -0.393 e. The molecule has 9 heteroatoms. The van der Waals surface area contributed by atoms with Gasteiger partial charge >= 0.3 is 6.18 Å². The van der Waals surface area contributed by atoms with Gasteiger partial charge in [-0.15, -0.1) is 0 Å². The van der Waals surface area contributed by atoms with Crippen LogP contribution in [0.3, 0.4) is 0 Å². The highest BCUT2D eigenvalue weighted by Gasteiger charge is 2.31. The number of aliphatic hydroxyl groups excluding tert-OH is 1. The van der Waals surface area contributed by atoms with E-state index in [1.165, 1.54) is 12.1 Å². The van der Waals surface area contributed by atoms with Crippen LogP contribution in [0.5, 0.6) is 0 Å². The van der Waals surface area contributed by atoms with Gasteiger partial charge in [-0.05, 0) is 50.7 Å². The number of alkyl halides is 3. The first-order valence-corrected chi connectivity index (χ1v) is 10.2. The Morgan fingerprint density at radius 3 is 2.50 bits per heavy atom. The summed E-state index contributed by atoms with van der Waals surface area (Å²) in [7, 11) is 0. The summed E-state index contributed by atoms with van der Waals surface area (Å²) in [4.78, 5) is 12.8. The molecular weight excluding hydrogens is 399 g/mol. The predicted molar refractivity (Wildman–Crippen MR) is 103 cm³/mol. The van der Waals surface area contributed by atoms with Crippen molar-refractivity contribution in [1.29, 1.82) is 0 Å². The van der Waals surface area contributed by atoms with E-state index in [4.69, 9.17) is 4.52 Å². The van der Waals surface area contributed by atoms with Crippen molar-refractivity contribution < 1.29 is 27.6 Å². The maximum Gasteiger partial charge on any atom is 0.416 e. The molecule has 2 fully saturated rings. The van der Waals surface area contributed by atoms with Crippen molar-refractivity contribution in [2.24, 2.45) is 0 Å². The first-order valence-electron chi connectivity index (χ1n) is 10.2. The van der Waals surface area contributed by atoms with Crippen LogP contribution in [0, 0.1) is 0 Å². The Bertz CT molecular complexity index is 891. The Balaban J connectivity index is 1.57. The summed E-state index contributed by atoms with van der Waals surface area (Å²) in [6.45, 7) is 0.334. The number of aromatic nitrogens is 1. The molecule has 1 aromatic carbocycles. The van der Waals surface area contributed by atoms with E-state index in [0.717, 1.165) is 44.2 Å². The highest BCUT2D eigenvalue weighted by Crippen LogP contribution is 2.33. The molecule has 30 heavy (non-hydrogen) atoms. The molecule has 0 bridgehead atoms. The van der Waals surface area contributed by atoms with E-state index in [-0.39, 0.29) is 17.5 Å². The highest BCUT2D eigenvalue weighted by atomic mass is 19.4. The Morgan fingerprint density at radius 2 is 1.87 bits per heavy atom. The number of nitrogens with one attached hydrogen (secondary N) is 2. The number of aliphatic hydroxyl groups is 1. The molecule has 2 atom stereocenters. The molecule has 162 valence electrons. The second-order valence-corrected chi connectivity index (χ2v) is 8.06. The molecule has 0 unspecified atom stereocenters. The van der Waals surface area contributed by atoms with E-state index in [0.29, 0.717) is 30.1 Å². The molecule has 2 aliphatic rings. The lowest BCUT2D eigenvalue weighted by Crippen LogP contribution is -2.40. The van der Waals surface area contributed by atoms with Crippen molar-refractivity contribution in [2.45, 2.75) is 69.4 Å². The van der Waals surface area contributed by atoms with Gasteiger partial charge in [-0.25, -0.2) is 0 Å². The monoisotopic (exact) mass is 423 g/mol. The van der Waals surface area contributed by atoms with Gasteiger partial charge in [0, 0.05) is 29.8 Å². The van der Waals surface area contributed by atoms with Gasteiger partial charge in [0.25, 0.3) is 5.91 Å². The fourth-order valence-electron chi connectivity index (χ4n) is 3.77. The zero-order chi connectivity index (χ0) is 21.3. The van der Waals surface area contributed by atoms with Gasteiger partial charge in [0.05, 0.1) is 11.7 Å². The second-order valence-electron chi connectivity index (χ2n) is 8.06. The highest BCUT2D eigenvalue weighted by molar-refractivity contribution is 5.95. The zero-order valence-electron chi connectivity index (χ0n) is 16.3. The Kier molecular flexibility index (Phi) is 5.84. The van der Waals surface area contributed by atoms with Gasteiger partial charge in [-0.1, -0.05) is 17.3 Å². The van der Waals surface area contributed by atoms with Crippen molar-refractivity contribution in [2.75, 3.05) is 0 Å². The van der Waals surface area contributed by atoms with Crippen LogP contribution in [0.15, 0.2) is 28.8 Å². The quantitative estimate of drug-likeness (QED) is 0.660. The number of nitrogens with zero attached hydrogens (tertiary/aromatic N) is 1. The third-order valence-corrected chi connectivity index (χ3v) is 5.60. The number of halogens is 3. The van der Waals surface area contributed by atoms with Crippen LogP contribution in [-0.2, 0) is 12.7 Å². The Hall–Kier alpha value is -2.39. The fourth-order valence-corrected chi connectivity index (χ4v) is 3.77. The van der Waals surface area contributed by atoms with E-state index in [9.17, 15) is 23.1 Å². The zero-order valence-corrected chi connectivity index (χ0v) is 16.3. The second kappa shape index (κ2) is 8.39. The predicted octanol–water partition coefficient (Wildman–Crippen LogP) is 3.65. The number of carbonyl (C=O) groups is 1. The molecule has 1 amide bonds. The molecule has 0 aliphatic heterocycles. The minimum absolute atomic E-state index is 0.123. The Morgan fingerprint density at radius 1 is 1.13 bits per heavy atom. The van der Waals surface area contributed by atoms with Crippen LogP contribution < -0.4 is 10.6 Å². The molecule has 4 rings (SSSR count). The van der Waals surface area contributed by atoms with Crippen LogP contribution in [0.25, 0.3) is 11.3 Å². The first kappa shape index (κ1) is 20.9. The van der Waals surface area contributed by atoms with E-state index < -0.39 is 23.8 Å². The van der Waals surface area contributed by atoms with E-state index in [2.05, 4.69) is 15.8 Å². The summed E-state index contributed by atoms with van der Waals surface area (Å²) in [5, 5.41) is 20.0. The summed E-state index contributed by atoms with van der Waals surface area (Å²) < 4.78 is 44.0. The van der Waals surface area contributed by atoms with Gasteiger partial charge in [-0.3, -0.25) is 4.79 Å². The number of hydrogen-bond acceptors (Lipinski definition) is 5. The number of amides is 1. The topological polar surface area (TPSA) is 87.4 Å². The van der Waals surface area contributed by atoms with Crippen molar-refractivity contribution in [3.8, 4) is 11.3 Å². The molecule has 3 N–H and O–H groups in total. The van der Waals surface area contributed by atoms with Crippen molar-refractivity contribution in [3.63, 3.8) is 0 Å². The van der Waals surface area contributed by atoms with Crippen LogP contribution in [0.2, 0.25) is 0 Å². The molecule has 1 heterocycles. The molecule has 0 saturated heterocycles. The lowest BCUT2D eigenvalue weighted by Gasteiger charge is -2.26. The van der Waals surface area contributed by atoms with Gasteiger partial charge in [0.15, 0.2) is 11.5 Å². The summed E-state index contributed by atoms with van der Waals surface area (Å²) in [5.74, 6) is -0.116. The maximum absolute atomic E-state index is 12.9. The normalized spacial score (nSPS) is 22.1. The smallest absolute Gasteiger partial charge is 0.393 e. The molecule has 0 spiro atoms. The fraction of sp³-hybridized carbons (Fsp3) is 0.524. The van der Waals surface area contributed by atoms with Crippen LogP contribution in [0.1, 0.15) is 60.1 Å². The summed E-state index contributed by atoms with van der Waals surface area (Å²) in [6, 6.07) is 4.84. The van der Waals surface area contributed by atoms with E-state index in [1.54, 1.807) is 0 Å². The molecule has 2 saturated carbocycles. The minimum atomic E-state index is -4.42.